The number of piperazine rings is 1. The Hall–Kier alpha value is -2.41. The van der Waals surface area contributed by atoms with Crippen LogP contribution in [0.3, 0.4) is 0 Å². The molecular formula is C19H25N5O2. The van der Waals surface area contributed by atoms with Gasteiger partial charge in [-0.2, -0.15) is 0 Å². The number of hydrogen-bond acceptors (Lipinski definition) is 4. The molecule has 2 saturated heterocycles. The highest BCUT2D eigenvalue weighted by Gasteiger charge is 2.35. The van der Waals surface area contributed by atoms with Crippen molar-refractivity contribution in [2.45, 2.75) is 32.2 Å². The summed E-state index contributed by atoms with van der Waals surface area (Å²) in [5, 5.41) is 3.26. The first-order valence-corrected chi connectivity index (χ1v) is 9.35. The van der Waals surface area contributed by atoms with Crippen LogP contribution in [-0.2, 0) is 16.0 Å². The van der Waals surface area contributed by atoms with Crippen LogP contribution in [0, 0.1) is 6.92 Å². The lowest BCUT2D eigenvalue weighted by Crippen LogP contribution is -2.60. The van der Waals surface area contributed by atoms with Gasteiger partial charge in [0.05, 0.1) is 12.1 Å². The summed E-state index contributed by atoms with van der Waals surface area (Å²) >= 11 is 0. The molecule has 2 aromatic rings. The van der Waals surface area contributed by atoms with E-state index in [0.29, 0.717) is 13.1 Å². The number of nitrogens with one attached hydrogen (secondary N) is 1. The Labute approximate surface area is 153 Å². The van der Waals surface area contributed by atoms with Gasteiger partial charge >= 0.3 is 0 Å². The maximum absolute atomic E-state index is 13.0. The molecule has 2 aliphatic heterocycles. The van der Waals surface area contributed by atoms with Crippen molar-refractivity contribution in [1.82, 2.24) is 24.5 Å². The van der Waals surface area contributed by atoms with Crippen molar-refractivity contribution in [3.63, 3.8) is 0 Å². The van der Waals surface area contributed by atoms with Crippen LogP contribution in [0.25, 0.3) is 5.65 Å². The van der Waals surface area contributed by atoms with E-state index >= 15 is 0 Å². The topological polar surface area (TPSA) is 70.0 Å². The molecule has 2 aliphatic rings. The zero-order valence-electron chi connectivity index (χ0n) is 15.1. The van der Waals surface area contributed by atoms with Crippen molar-refractivity contribution in [2.24, 2.45) is 0 Å². The van der Waals surface area contributed by atoms with Gasteiger partial charge in [0.1, 0.15) is 11.7 Å². The second-order valence-electron chi connectivity index (χ2n) is 7.15. The molecule has 1 atom stereocenters. The van der Waals surface area contributed by atoms with Crippen molar-refractivity contribution in [3.05, 3.63) is 35.8 Å². The van der Waals surface area contributed by atoms with Gasteiger partial charge in [0, 0.05) is 45.1 Å². The first-order chi connectivity index (χ1) is 12.6. The van der Waals surface area contributed by atoms with Gasteiger partial charge in [0.25, 0.3) is 0 Å². The second kappa shape index (κ2) is 7.07. The minimum Gasteiger partial charge on any atom is -0.341 e. The number of likely N-dealkylation sites (tertiary alicyclic amines) is 1. The Morgan fingerprint density at radius 3 is 2.88 bits per heavy atom. The molecule has 138 valence electrons. The summed E-state index contributed by atoms with van der Waals surface area (Å²) in [5.41, 5.74) is 2.82. The van der Waals surface area contributed by atoms with E-state index < -0.39 is 6.04 Å². The maximum Gasteiger partial charge on any atom is 0.246 e. The van der Waals surface area contributed by atoms with Gasteiger partial charge in [-0.15, -0.1) is 0 Å². The van der Waals surface area contributed by atoms with E-state index in [2.05, 4.69) is 10.3 Å². The fourth-order valence-corrected chi connectivity index (χ4v) is 3.96. The van der Waals surface area contributed by atoms with E-state index in [9.17, 15) is 9.59 Å². The number of aryl methyl sites for hydroxylation is 1. The Balaban J connectivity index is 1.53. The van der Waals surface area contributed by atoms with Crippen LogP contribution >= 0.6 is 0 Å². The Morgan fingerprint density at radius 1 is 1.27 bits per heavy atom. The maximum atomic E-state index is 13.0. The molecule has 0 bridgehead atoms. The molecule has 7 heteroatoms. The predicted octanol–water partition coefficient (Wildman–Crippen LogP) is 0.608. The smallest absolute Gasteiger partial charge is 0.246 e. The number of amides is 2. The average Bonchev–Trinajstić information content (AvgIpc) is 3.32. The van der Waals surface area contributed by atoms with Gasteiger partial charge in [-0.1, -0.05) is 6.07 Å². The SMILES string of the molecule is Cc1cccn2c(CC(=O)N3CCNC[C@@H]3C(=O)N3CCCC3)cnc12. The molecule has 2 amide bonds. The first-order valence-electron chi connectivity index (χ1n) is 9.35. The van der Waals surface area contributed by atoms with Crippen LogP contribution in [0.4, 0.5) is 0 Å². The quantitative estimate of drug-likeness (QED) is 0.876. The van der Waals surface area contributed by atoms with Gasteiger partial charge in [0.15, 0.2) is 0 Å². The zero-order valence-corrected chi connectivity index (χ0v) is 15.1. The van der Waals surface area contributed by atoms with Gasteiger partial charge in [-0.25, -0.2) is 4.98 Å². The molecule has 0 spiro atoms. The van der Waals surface area contributed by atoms with E-state index in [1.54, 1.807) is 11.1 Å². The van der Waals surface area contributed by atoms with Crippen LogP contribution in [0.2, 0.25) is 0 Å². The molecule has 0 aromatic carbocycles. The standard InChI is InChI=1S/C19H25N5O2/c1-14-5-4-9-23-15(12-21-18(14)23)11-17(25)24-10-6-20-13-16(24)19(26)22-7-2-3-8-22/h4-5,9,12,16,20H,2-3,6-8,10-11,13H2,1H3/t16-/m1/s1. The van der Waals surface area contributed by atoms with Crippen LogP contribution < -0.4 is 5.32 Å². The second-order valence-corrected chi connectivity index (χ2v) is 7.15. The fraction of sp³-hybridized carbons (Fsp3) is 0.526. The normalized spacial score (nSPS) is 20.7. The third-order valence-corrected chi connectivity index (χ3v) is 5.41. The summed E-state index contributed by atoms with van der Waals surface area (Å²) in [7, 11) is 0. The van der Waals surface area contributed by atoms with Gasteiger partial charge in [-0.3, -0.25) is 9.59 Å². The molecular weight excluding hydrogens is 330 g/mol. The lowest BCUT2D eigenvalue weighted by Gasteiger charge is -2.37. The van der Waals surface area contributed by atoms with E-state index in [1.807, 2.05) is 34.6 Å². The summed E-state index contributed by atoms with van der Waals surface area (Å²) in [6.45, 7) is 5.46. The molecule has 2 fully saturated rings. The van der Waals surface area contributed by atoms with Crippen molar-refractivity contribution < 1.29 is 9.59 Å². The Morgan fingerprint density at radius 2 is 2.08 bits per heavy atom. The fourth-order valence-electron chi connectivity index (χ4n) is 3.96. The van der Waals surface area contributed by atoms with Crippen molar-refractivity contribution >= 4 is 17.5 Å². The highest BCUT2D eigenvalue weighted by atomic mass is 16.2. The Bertz CT molecular complexity index is 824. The van der Waals surface area contributed by atoms with E-state index in [4.69, 9.17) is 0 Å². The summed E-state index contributed by atoms with van der Waals surface area (Å²) in [6, 6.07) is 3.58. The molecule has 0 radical (unpaired) electrons. The monoisotopic (exact) mass is 355 g/mol. The third kappa shape index (κ3) is 3.07. The lowest BCUT2D eigenvalue weighted by atomic mass is 10.1. The minimum absolute atomic E-state index is 0.00708. The minimum atomic E-state index is -0.393. The van der Waals surface area contributed by atoms with E-state index in [-0.39, 0.29) is 18.2 Å². The number of hydrogen-bond donors (Lipinski definition) is 1. The van der Waals surface area contributed by atoms with Gasteiger partial charge in [0.2, 0.25) is 11.8 Å². The van der Waals surface area contributed by atoms with Crippen molar-refractivity contribution in [2.75, 3.05) is 32.7 Å². The van der Waals surface area contributed by atoms with Crippen LogP contribution in [0.15, 0.2) is 24.5 Å². The van der Waals surface area contributed by atoms with E-state index in [0.717, 1.165) is 49.4 Å². The molecule has 0 saturated carbocycles. The number of carbonyl (C=O) groups excluding carboxylic acids is 2. The number of nitrogens with zero attached hydrogens (tertiary/aromatic N) is 4. The predicted molar refractivity (Wildman–Crippen MR) is 97.8 cm³/mol. The number of fused-ring (bicyclic) bond motifs is 1. The molecule has 0 aliphatic carbocycles. The number of rotatable bonds is 3. The van der Waals surface area contributed by atoms with Crippen LogP contribution in [-0.4, -0.2) is 69.8 Å². The highest BCUT2D eigenvalue weighted by molar-refractivity contribution is 5.89. The summed E-state index contributed by atoms with van der Waals surface area (Å²) in [5.74, 6) is 0.0735. The molecule has 1 N–H and O–H groups in total. The van der Waals surface area contributed by atoms with Crippen molar-refractivity contribution in [3.8, 4) is 0 Å². The largest absolute Gasteiger partial charge is 0.341 e. The Kier molecular flexibility index (Phi) is 4.63. The molecule has 26 heavy (non-hydrogen) atoms. The van der Waals surface area contributed by atoms with Gasteiger partial charge < -0.3 is 19.5 Å². The number of pyridine rings is 1. The third-order valence-electron chi connectivity index (χ3n) is 5.41. The molecule has 7 nitrogen and oxygen atoms in total. The number of aromatic nitrogens is 2. The van der Waals surface area contributed by atoms with Crippen LogP contribution in [0.5, 0.6) is 0 Å². The summed E-state index contributed by atoms with van der Waals surface area (Å²) in [6.07, 6.45) is 6.07. The van der Waals surface area contributed by atoms with Crippen LogP contribution in [0.1, 0.15) is 24.1 Å². The lowest BCUT2D eigenvalue weighted by molar-refractivity contribution is -0.146. The highest BCUT2D eigenvalue weighted by Crippen LogP contribution is 2.16. The number of imidazole rings is 1. The van der Waals surface area contributed by atoms with Crippen molar-refractivity contribution in [1.29, 1.82) is 0 Å². The number of carbonyl (C=O) groups is 2. The summed E-state index contributed by atoms with van der Waals surface area (Å²) < 4.78 is 1.97. The first kappa shape index (κ1) is 17.0. The molecule has 4 heterocycles. The van der Waals surface area contributed by atoms with E-state index in [1.165, 1.54) is 0 Å². The summed E-state index contributed by atoms with van der Waals surface area (Å²) in [4.78, 5) is 34.0. The molecule has 0 unspecified atom stereocenters. The van der Waals surface area contributed by atoms with Gasteiger partial charge in [-0.05, 0) is 31.4 Å². The molecule has 2 aromatic heterocycles. The molecule has 4 rings (SSSR count). The zero-order chi connectivity index (χ0) is 18.1. The average molecular weight is 355 g/mol.